The fraction of sp³-hybridized carbons (Fsp3) is 0.636. The quantitative estimate of drug-likeness (QED) is 0.809. The van der Waals surface area contributed by atoms with E-state index in [9.17, 15) is 4.79 Å². The first kappa shape index (κ1) is 11.1. The van der Waals surface area contributed by atoms with Gasteiger partial charge in [-0.15, -0.1) is 0 Å². The molecule has 1 aliphatic heterocycles. The first-order valence-electron chi connectivity index (χ1n) is 5.57. The maximum Gasteiger partial charge on any atom is 0.232 e. The van der Waals surface area contributed by atoms with Crippen LogP contribution in [0.5, 0.6) is 0 Å². The highest BCUT2D eigenvalue weighted by molar-refractivity contribution is 5.95. The van der Waals surface area contributed by atoms with Crippen LogP contribution in [0, 0.1) is 11.3 Å². The number of nitrogens with one attached hydrogen (secondary N) is 2. The lowest BCUT2D eigenvalue weighted by molar-refractivity contribution is -0.126. The zero-order valence-electron chi connectivity index (χ0n) is 9.62. The van der Waals surface area contributed by atoms with Gasteiger partial charge in [-0.2, -0.15) is 0 Å². The topological polar surface area (TPSA) is 67.2 Å². The molecule has 5 nitrogen and oxygen atoms in total. The average molecular weight is 223 g/mol. The Morgan fingerprint density at radius 3 is 3.00 bits per heavy atom. The Kier molecular flexibility index (Phi) is 2.96. The predicted molar refractivity (Wildman–Crippen MR) is 59.9 cm³/mol. The van der Waals surface area contributed by atoms with Crippen LogP contribution in [0.2, 0.25) is 0 Å². The average Bonchev–Trinajstić information content (AvgIpc) is 2.87. The van der Waals surface area contributed by atoms with Crippen LogP contribution in [-0.4, -0.2) is 24.2 Å². The molecule has 1 fully saturated rings. The molecule has 0 saturated carbocycles. The second-order valence-electron chi connectivity index (χ2n) is 4.60. The summed E-state index contributed by atoms with van der Waals surface area (Å²) < 4.78 is 4.69. The van der Waals surface area contributed by atoms with E-state index in [1.54, 1.807) is 0 Å². The molecule has 2 rings (SSSR count). The van der Waals surface area contributed by atoms with Crippen molar-refractivity contribution in [3.63, 3.8) is 0 Å². The molecule has 0 radical (unpaired) electrons. The lowest BCUT2D eigenvalue weighted by Gasteiger charge is -2.30. The first-order valence-corrected chi connectivity index (χ1v) is 5.57. The van der Waals surface area contributed by atoms with Gasteiger partial charge in [-0.25, -0.2) is 0 Å². The maximum absolute atomic E-state index is 12.3. The van der Waals surface area contributed by atoms with Gasteiger partial charge < -0.3 is 15.2 Å². The standard InChI is InChI=1S/C11H17N3O2/c1-8(2)11(3-4-12-7-11)10(15)14-9-5-13-16-6-9/h5-6,8,12H,3-4,7H2,1-2H3,(H,14,15). The molecule has 5 heteroatoms. The van der Waals surface area contributed by atoms with E-state index in [2.05, 4.69) is 29.6 Å². The lowest BCUT2D eigenvalue weighted by atomic mass is 9.75. The molecule has 0 bridgehead atoms. The van der Waals surface area contributed by atoms with E-state index in [1.807, 2.05) is 0 Å². The van der Waals surface area contributed by atoms with Crippen LogP contribution in [0.4, 0.5) is 5.69 Å². The van der Waals surface area contributed by atoms with Crippen LogP contribution >= 0.6 is 0 Å². The molecule has 1 aromatic heterocycles. The fourth-order valence-corrected chi connectivity index (χ4v) is 2.18. The number of rotatable bonds is 3. The van der Waals surface area contributed by atoms with Gasteiger partial charge in [-0.1, -0.05) is 19.0 Å². The van der Waals surface area contributed by atoms with Crippen molar-refractivity contribution in [3.05, 3.63) is 12.5 Å². The third-order valence-corrected chi connectivity index (χ3v) is 3.44. The molecule has 2 N–H and O–H groups in total. The van der Waals surface area contributed by atoms with E-state index in [-0.39, 0.29) is 11.3 Å². The lowest BCUT2D eigenvalue weighted by Crippen LogP contribution is -2.42. The molecule has 0 aromatic carbocycles. The van der Waals surface area contributed by atoms with E-state index < -0.39 is 0 Å². The summed E-state index contributed by atoms with van der Waals surface area (Å²) in [5.74, 6) is 0.359. The summed E-state index contributed by atoms with van der Waals surface area (Å²) in [4.78, 5) is 12.3. The molecule has 1 aliphatic rings. The van der Waals surface area contributed by atoms with Crippen molar-refractivity contribution >= 4 is 11.6 Å². The van der Waals surface area contributed by atoms with Crippen molar-refractivity contribution in [2.75, 3.05) is 18.4 Å². The number of hydrogen-bond acceptors (Lipinski definition) is 4. The Morgan fingerprint density at radius 2 is 2.50 bits per heavy atom. The molecular weight excluding hydrogens is 206 g/mol. The Balaban J connectivity index is 2.12. The molecular formula is C11H17N3O2. The highest BCUT2D eigenvalue weighted by Gasteiger charge is 2.43. The molecule has 2 heterocycles. The molecule has 1 amide bonds. The Morgan fingerprint density at radius 1 is 1.69 bits per heavy atom. The van der Waals surface area contributed by atoms with Crippen molar-refractivity contribution in [3.8, 4) is 0 Å². The van der Waals surface area contributed by atoms with Gasteiger partial charge in [-0.05, 0) is 18.9 Å². The van der Waals surface area contributed by atoms with Gasteiger partial charge in [0.25, 0.3) is 0 Å². The zero-order valence-corrected chi connectivity index (χ0v) is 9.62. The van der Waals surface area contributed by atoms with Gasteiger partial charge in [0, 0.05) is 6.54 Å². The van der Waals surface area contributed by atoms with Crippen molar-refractivity contribution < 1.29 is 9.32 Å². The summed E-state index contributed by atoms with van der Waals surface area (Å²) in [6.07, 6.45) is 3.82. The van der Waals surface area contributed by atoms with Gasteiger partial charge in [0.05, 0.1) is 11.6 Å². The van der Waals surface area contributed by atoms with E-state index in [4.69, 9.17) is 4.52 Å². The normalized spacial score (nSPS) is 24.9. The summed E-state index contributed by atoms with van der Waals surface area (Å²) in [6.45, 7) is 5.80. The monoisotopic (exact) mass is 223 g/mol. The van der Waals surface area contributed by atoms with E-state index >= 15 is 0 Å². The molecule has 16 heavy (non-hydrogen) atoms. The Hall–Kier alpha value is -1.36. The molecule has 0 aliphatic carbocycles. The second-order valence-corrected chi connectivity index (χ2v) is 4.60. The SMILES string of the molecule is CC(C)C1(C(=O)Nc2cnoc2)CCNC1. The number of nitrogens with zero attached hydrogens (tertiary/aromatic N) is 1. The van der Waals surface area contributed by atoms with Crippen LogP contribution in [0.3, 0.4) is 0 Å². The number of carbonyl (C=O) groups is 1. The molecule has 88 valence electrons. The predicted octanol–water partition coefficient (Wildman–Crippen LogP) is 1.25. The Bertz CT molecular complexity index is 353. The molecule has 1 saturated heterocycles. The molecule has 1 unspecified atom stereocenters. The van der Waals surface area contributed by atoms with Crippen LogP contribution in [-0.2, 0) is 4.79 Å². The summed E-state index contributed by atoms with van der Waals surface area (Å²) >= 11 is 0. The van der Waals surface area contributed by atoms with Gasteiger partial charge >= 0.3 is 0 Å². The van der Waals surface area contributed by atoms with Gasteiger partial charge in [0.2, 0.25) is 5.91 Å². The fourth-order valence-electron chi connectivity index (χ4n) is 2.18. The van der Waals surface area contributed by atoms with Crippen molar-refractivity contribution in [2.24, 2.45) is 11.3 Å². The molecule has 0 spiro atoms. The van der Waals surface area contributed by atoms with E-state index in [0.29, 0.717) is 11.6 Å². The largest absolute Gasteiger partial charge is 0.363 e. The minimum absolute atomic E-state index is 0.0516. The number of hydrogen-bond donors (Lipinski definition) is 2. The summed E-state index contributed by atoms with van der Waals surface area (Å²) in [6, 6.07) is 0. The Labute approximate surface area is 94.6 Å². The highest BCUT2D eigenvalue weighted by atomic mass is 16.5. The third kappa shape index (κ3) is 1.82. The van der Waals surface area contributed by atoms with Crippen LogP contribution < -0.4 is 10.6 Å². The highest BCUT2D eigenvalue weighted by Crippen LogP contribution is 2.35. The summed E-state index contributed by atoms with van der Waals surface area (Å²) in [5, 5.41) is 9.67. The van der Waals surface area contributed by atoms with E-state index in [0.717, 1.165) is 19.5 Å². The van der Waals surface area contributed by atoms with Crippen LogP contribution in [0.15, 0.2) is 17.0 Å². The molecule has 1 aromatic rings. The smallest absolute Gasteiger partial charge is 0.232 e. The number of carbonyl (C=O) groups excluding carboxylic acids is 1. The van der Waals surface area contributed by atoms with Crippen molar-refractivity contribution in [2.45, 2.75) is 20.3 Å². The summed E-state index contributed by atoms with van der Waals surface area (Å²) in [7, 11) is 0. The van der Waals surface area contributed by atoms with Gasteiger partial charge in [-0.3, -0.25) is 4.79 Å². The maximum atomic E-state index is 12.3. The van der Waals surface area contributed by atoms with Crippen LogP contribution in [0.1, 0.15) is 20.3 Å². The minimum atomic E-state index is -0.308. The van der Waals surface area contributed by atoms with Crippen molar-refractivity contribution in [1.29, 1.82) is 0 Å². The van der Waals surface area contributed by atoms with Crippen molar-refractivity contribution in [1.82, 2.24) is 10.5 Å². The number of amides is 1. The third-order valence-electron chi connectivity index (χ3n) is 3.44. The van der Waals surface area contributed by atoms with E-state index in [1.165, 1.54) is 12.5 Å². The van der Waals surface area contributed by atoms with Gasteiger partial charge in [0.15, 0.2) is 0 Å². The second kappa shape index (κ2) is 4.25. The zero-order chi connectivity index (χ0) is 11.6. The first-order chi connectivity index (χ1) is 7.65. The van der Waals surface area contributed by atoms with Crippen LogP contribution in [0.25, 0.3) is 0 Å². The van der Waals surface area contributed by atoms with Gasteiger partial charge in [0.1, 0.15) is 12.0 Å². The number of anilines is 1. The number of aromatic nitrogens is 1. The molecule has 1 atom stereocenters. The summed E-state index contributed by atoms with van der Waals surface area (Å²) in [5.41, 5.74) is 0.314. The minimum Gasteiger partial charge on any atom is -0.363 e.